The maximum Gasteiger partial charge on any atom is 0.315 e. The summed E-state index contributed by atoms with van der Waals surface area (Å²) in [5, 5.41) is 32.3. The van der Waals surface area contributed by atoms with Gasteiger partial charge in [0.25, 0.3) is 0 Å². The predicted molar refractivity (Wildman–Crippen MR) is 81.6 cm³/mol. The van der Waals surface area contributed by atoms with E-state index in [2.05, 4.69) is 4.98 Å². The third kappa shape index (κ3) is 3.05. The number of aromatic nitrogens is 1. The molecule has 112 valence electrons. The molecule has 2 rings (SSSR count). The van der Waals surface area contributed by atoms with Crippen LogP contribution in [0.5, 0.6) is 11.5 Å². The van der Waals surface area contributed by atoms with Gasteiger partial charge in [-0.05, 0) is 24.6 Å². The van der Waals surface area contributed by atoms with E-state index >= 15 is 0 Å². The van der Waals surface area contributed by atoms with Gasteiger partial charge in [0, 0.05) is 17.1 Å². The van der Waals surface area contributed by atoms with E-state index < -0.39 is 16.4 Å². The zero-order valence-corrected chi connectivity index (χ0v) is 12.5. The van der Waals surface area contributed by atoms with Crippen molar-refractivity contribution in [3.8, 4) is 17.6 Å². The highest BCUT2D eigenvalue weighted by Crippen LogP contribution is 2.37. The van der Waals surface area contributed by atoms with E-state index in [1.165, 1.54) is 36.7 Å². The number of aryl methyl sites for hydroxylation is 1. The first-order valence-electron chi connectivity index (χ1n) is 6.06. The number of benzene rings is 1. The number of ether oxygens (including phenoxy) is 1. The second-order valence-electron chi connectivity index (χ2n) is 4.31. The van der Waals surface area contributed by atoms with Crippen molar-refractivity contribution in [2.75, 3.05) is 7.11 Å². The molecule has 1 heterocycles. The molecule has 0 spiro atoms. The largest absolute Gasteiger partial charge is 0.500 e. The molecule has 0 amide bonds. The molecule has 0 aliphatic rings. The lowest BCUT2D eigenvalue weighted by atomic mass is 10.1. The Morgan fingerprint density at radius 2 is 2.32 bits per heavy atom. The molecule has 0 atom stereocenters. The van der Waals surface area contributed by atoms with Gasteiger partial charge in [0.05, 0.1) is 17.6 Å². The van der Waals surface area contributed by atoms with Crippen LogP contribution < -0.4 is 4.74 Å². The van der Waals surface area contributed by atoms with Crippen LogP contribution in [0.3, 0.4) is 0 Å². The molecule has 0 aliphatic heterocycles. The monoisotopic (exact) mass is 317 g/mol. The Kier molecular flexibility index (Phi) is 4.39. The molecule has 8 heteroatoms. The van der Waals surface area contributed by atoms with Gasteiger partial charge < -0.3 is 9.84 Å². The molecule has 1 N–H and O–H groups in total. The molecule has 2 aromatic rings. The van der Waals surface area contributed by atoms with Crippen molar-refractivity contribution in [2.24, 2.45) is 0 Å². The molecular weight excluding hydrogens is 306 g/mol. The van der Waals surface area contributed by atoms with Crippen LogP contribution in [0.25, 0.3) is 11.6 Å². The van der Waals surface area contributed by atoms with Crippen LogP contribution in [0.2, 0.25) is 0 Å². The number of phenols is 1. The summed E-state index contributed by atoms with van der Waals surface area (Å²) in [6.07, 6.45) is 1.47. The highest BCUT2D eigenvalue weighted by atomic mass is 32.1. The van der Waals surface area contributed by atoms with Crippen molar-refractivity contribution in [3.05, 3.63) is 43.9 Å². The van der Waals surface area contributed by atoms with Crippen molar-refractivity contribution in [3.63, 3.8) is 0 Å². The topological polar surface area (TPSA) is 109 Å². The van der Waals surface area contributed by atoms with Crippen molar-refractivity contribution in [1.29, 1.82) is 5.26 Å². The normalized spacial score (nSPS) is 11.0. The lowest BCUT2D eigenvalue weighted by molar-refractivity contribution is -0.386. The fourth-order valence-corrected chi connectivity index (χ4v) is 2.54. The minimum absolute atomic E-state index is 0.0342. The molecule has 7 nitrogen and oxygen atoms in total. The van der Waals surface area contributed by atoms with Crippen molar-refractivity contribution >= 4 is 28.7 Å². The van der Waals surface area contributed by atoms with E-state index in [-0.39, 0.29) is 11.3 Å². The number of nitriles is 1. The smallest absolute Gasteiger partial charge is 0.315 e. The third-order valence-electron chi connectivity index (χ3n) is 2.77. The van der Waals surface area contributed by atoms with E-state index in [9.17, 15) is 20.5 Å². The van der Waals surface area contributed by atoms with Crippen molar-refractivity contribution in [1.82, 2.24) is 4.98 Å². The standard InChI is InChI=1S/C14H11N3O4S/c1-8-7-22-14(16-8)10(6-15)3-9-4-11(17(19)20)13(18)12(5-9)21-2/h3-5,7,18H,1-2H3/b10-3-. The molecular formula is C14H11N3O4S. The van der Waals surface area contributed by atoms with Gasteiger partial charge in [-0.15, -0.1) is 11.3 Å². The Morgan fingerprint density at radius 3 is 2.82 bits per heavy atom. The van der Waals surface area contributed by atoms with E-state index in [1.807, 2.05) is 13.0 Å². The molecule has 1 aromatic heterocycles. The molecule has 0 bridgehead atoms. The highest BCUT2D eigenvalue weighted by molar-refractivity contribution is 7.11. The summed E-state index contributed by atoms with van der Waals surface area (Å²) in [5.74, 6) is -0.582. The van der Waals surface area contributed by atoms with Crippen LogP contribution in [-0.4, -0.2) is 22.1 Å². The van der Waals surface area contributed by atoms with Crippen LogP contribution in [0.4, 0.5) is 5.69 Å². The van der Waals surface area contributed by atoms with Gasteiger partial charge in [-0.25, -0.2) is 4.98 Å². The second kappa shape index (κ2) is 6.24. The molecule has 0 fully saturated rings. The maximum absolute atomic E-state index is 11.0. The van der Waals surface area contributed by atoms with Gasteiger partial charge >= 0.3 is 5.69 Å². The Morgan fingerprint density at radius 1 is 1.59 bits per heavy atom. The number of methoxy groups -OCH3 is 1. The summed E-state index contributed by atoms with van der Waals surface area (Å²) in [4.78, 5) is 14.5. The Balaban J connectivity index is 2.56. The molecule has 0 unspecified atom stereocenters. The van der Waals surface area contributed by atoms with Gasteiger partial charge in [0.1, 0.15) is 11.1 Å². The minimum atomic E-state index is -0.714. The molecule has 0 radical (unpaired) electrons. The second-order valence-corrected chi connectivity index (χ2v) is 5.17. The van der Waals surface area contributed by atoms with Crippen LogP contribution in [0, 0.1) is 28.4 Å². The first-order valence-corrected chi connectivity index (χ1v) is 6.94. The number of thiazole rings is 1. The molecule has 0 saturated carbocycles. The minimum Gasteiger partial charge on any atom is -0.500 e. The van der Waals surface area contributed by atoms with Gasteiger partial charge in [0.15, 0.2) is 5.75 Å². The number of rotatable bonds is 4. The Hall–Kier alpha value is -2.92. The number of hydrogen-bond donors (Lipinski definition) is 1. The number of phenolic OH excluding ortho intramolecular Hbond substituents is 1. The van der Waals surface area contributed by atoms with Crippen molar-refractivity contribution < 1.29 is 14.8 Å². The fourth-order valence-electron chi connectivity index (χ4n) is 1.78. The van der Waals surface area contributed by atoms with E-state index in [0.717, 1.165) is 5.69 Å². The van der Waals surface area contributed by atoms with Crippen LogP contribution >= 0.6 is 11.3 Å². The van der Waals surface area contributed by atoms with E-state index in [0.29, 0.717) is 10.6 Å². The molecule has 22 heavy (non-hydrogen) atoms. The molecule has 1 aromatic carbocycles. The lowest BCUT2D eigenvalue weighted by Crippen LogP contribution is -1.93. The van der Waals surface area contributed by atoms with E-state index in [1.54, 1.807) is 5.38 Å². The SMILES string of the molecule is COc1cc(/C=C(/C#N)c2nc(C)cs2)cc([N+](=O)[O-])c1O. The number of hydrogen-bond acceptors (Lipinski definition) is 7. The van der Waals surface area contributed by atoms with Crippen molar-refractivity contribution in [2.45, 2.75) is 6.92 Å². The number of allylic oxidation sites excluding steroid dienone is 1. The number of nitrogens with zero attached hydrogens (tertiary/aromatic N) is 3. The summed E-state index contributed by atoms with van der Waals surface area (Å²) >= 11 is 1.31. The molecule has 0 saturated heterocycles. The lowest BCUT2D eigenvalue weighted by Gasteiger charge is -2.05. The third-order valence-corrected chi connectivity index (χ3v) is 3.77. The van der Waals surface area contributed by atoms with Crippen LogP contribution in [0.1, 0.15) is 16.3 Å². The Labute approximate surface area is 129 Å². The summed E-state index contributed by atoms with van der Waals surface area (Å²) in [5.41, 5.74) is 0.944. The summed E-state index contributed by atoms with van der Waals surface area (Å²) < 4.78 is 4.92. The first-order chi connectivity index (χ1) is 10.5. The summed E-state index contributed by atoms with van der Waals surface area (Å²) in [6, 6.07) is 4.61. The van der Waals surface area contributed by atoms with Gasteiger partial charge in [-0.3, -0.25) is 10.1 Å². The Bertz CT molecular complexity index is 805. The maximum atomic E-state index is 11.0. The average Bonchev–Trinajstić information content (AvgIpc) is 2.92. The molecule has 0 aliphatic carbocycles. The summed E-state index contributed by atoms with van der Waals surface area (Å²) in [7, 11) is 1.29. The zero-order chi connectivity index (χ0) is 16.3. The van der Waals surface area contributed by atoms with Gasteiger partial charge in [-0.2, -0.15) is 5.26 Å². The van der Waals surface area contributed by atoms with E-state index in [4.69, 9.17) is 4.74 Å². The van der Waals surface area contributed by atoms with Crippen LogP contribution in [0.15, 0.2) is 17.5 Å². The van der Waals surface area contributed by atoms with Crippen LogP contribution in [-0.2, 0) is 0 Å². The van der Waals surface area contributed by atoms with Gasteiger partial charge in [-0.1, -0.05) is 0 Å². The quantitative estimate of drug-likeness (QED) is 0.527. The zero-order valence-electron chi connectivity index (χ0n) is 11.7. The number of nitro groups is 1. The highest BCUT2D eigenvalue weighted by Gasteiger charge is 2.19. The first kappa shape index (κ1) is 15.5. The number of nitro benzene ring substituents is 1. The predicted octanol–water partition coefficient (Wildman–Crippen LogP) is 3.14. The fraction of sp³-hybridized carbons (Fsp3) is 0.143. The van der Waals surface area contributed by atoms with Gasteiger partial charge in [0.2, 0.25) is 5.75 Å². The average molecular weight is 317 g/mol. The summed E-state index contributed by atoms with van der Waals surface area (Å²) in [6.45, 7) is 1.81. The number of aromatic hydroxyl groups is 1.